The van der Waals surface area contributed by atoms with Crippen LogP contribution in [-0.4, -0.2) is 56.6 Å². The van der Waals surface area contributed by atoms with Crippen molar-refractivity contribution in [2.75, 3.05) is 6.61 Å². The number of carbonyl (C=O) groups is 4. The molecule has 4 rings (SSSR count). The molecule has 2 unspecified atom stereocenters. The summed E-state index contributed by atoms with van der Waals surface area (Å²) in [5, 5.41) is 31.1. The van der Waals surface area contributed by atoms with Gasteiger partial charge in [-0.3, -0.25) is 19.2 Å². The first-order valence-corrected chi connectivity index (χ1v) is 13.1. The Hall–Kier alpha value is -2.06. The molecule has 4 aliphatic carbocycles. The summed E-state index contributed by atoms with van der Waals surface area (Å²) in [7, 11) is 0. The predicted octanol–water partition coefficient (Wildman–Crippen LogP) is 3.22. The van der Waals surface area contributed by atoms with Gasteiger partial charge in [-0.1, -0.05) is 34.1 Å². The van der Waals surface area contributed by atoms with Gasteiger partial charge >= 0.3 is 11.9 Å². The Balaban J connectivity index is 1.59. The molecule has 8 nitrogen and oxygen atoms in total. The maximum Gasteiger partial charge on any atom is 0.309 e. The molecule has 3 fully saturated rings. The quantitative estimate of drug-likeness (QED) is 0.370. The van der Waals surface area contributed by atoms with Gasteiger partial charge < -0.3 is 20.1 Å². The summed E-state index contributed by atoms with van der Waals surface area (Å²) in [6, 6.07) is 0. The van der Waals surface area contributed by atoms with Gasteiger partial charge in [-0.15, -0.1) is 0 Å². The fourth-order valence-corrected chi connectivity index (χ4v) is 8.71. The molecule has 0 aromatic heterocycles. The first kappa shape index (κ1) is 27.0. The molecular weight excluding hydrogens is 464 g/mol. The first-order chi connectivity index (χ1) is 16.5. The Kier molecular flexibility index (Phi) is 6.36. The third-order valence-corrected chi connectivity index (χ3v) is 10.4. The Morgan fingerprint density at radius 2 is 1.75 bits per heavy atom. The van der Waals surface area contributed by atoms with Crippen LogP contribution in [0.1, 0.15) is 86.0 Å². The summed E-state index contributed by atoms with van der Waals surface area (Å²) in [5.74, 6) is -3.77. The zero-order valence-corrected chi connectivity index (χ0v) is 22.1. The van der Waals surface area contributed by atoms with E-state index in [0.717, 1.165) is 32.1 Å². The third-order valence-electron chi connectivity index (χ3n) is 10.4. The van der Waals surface area contributed by atoms with Crippen LogP contribution in [0.25, 0.3) is 0 Å². The summed E-state index contributed by atoms with van der Waals surface area (Å²) in [6.07, 6.45) is 5.74. The maximum atomic E-state index is 13.3. The van der Waals surface area contributed by atoms with Crippen LogP contribution in [0.4, 0.5) is 0 Å². The highest BCUT2D eigenvalue weighted by Gasteiger charge is 2.71. The van der Waals surface area contributed by atoms with Crippen molar-refractivity contribution in [3.63, 3.8) is 0 Å². The van der Waals surface area contributed by atoms with Crippen molar-refractivity contribution < 1.29 is 39.2 Å². The van der Waals surface area contributed by atoms with E-state index in [1.807, 2.05) is 6.92 Å². The summed E-state index contributed by atoms with van der Waals surface area (Å²) in [4.78, 5) is 49.4. The number of rotatable bonds is 6. The molecule has 36 heavy (non-hydrogen) atoms. The van der Waals surface area contributed by atoms with Gasteiger partial charge in [-0.05, 0) is 67.8 Å². The number of hydrogen-bond donors (Lipinski definition) is 3. The average Bonchev–Trinajstić information content (AvgIpc) is 2.96. The number of aliphatic hydroxyl groups is 2. The molecule has 8 heteroatoms. The number of Topliss-reactive ketones (excluding diaryl/α,β-unsaturated/α-hetero) is 2. The molecule has 4 aliphatic rings. The summed E-state index contributed by atoms with van der Waals surface area (Å²) < 4.78 is 5.17. The van der Waals surface area contributed by atoms with Gasteiger partial charge in [0.15, 0.2) is 0 Å². The SMILES string of the molecule is CC(O)(CC(=O)O)CC(=O)OCC1=C[C@@]2(O)C(C[C@@H]3[C@@]4(C)CCCC(C)(C)[C@@H]4CC[C@@]32C)C(=O)C1=O. The minimum absolute atomic E-state index is 0.0403. The van der Waals surface area contributed by atoms with E-state index < -0.39 is 65.5 Å². The zero-order chi connectivity index (χ0) is 26.9. The smallest absolute Gasteiger partial charge is 0.309 e. The van der Waals surface area contributed by atoms with Crippen LogP contribution in [0.5, 0.6) is 0 Å². The molecule has 7 atom stereocenters. The third kappa shape index (κ3) is 4.05. The molecule has 0 amide bonds. The lowest BCUT2D eigenvalue weighted by Crippen LogP contribution is -2.59. The Bertz CT molecular complexity index is 1020. The summed E-state index contributed by atoms with van der Waals surface area (Å²) >= 11 is 0. The van der Waals surface area contributed by atoms with E-state index in [2.05, 4.69) is 20.8 Å². The van der Waals surface area contributed by atoms with Crippen LogP contribution >= 0.6 is 0 Å². The highest BCUT2D eigenvalue weighted by atomic mass is 16.5. The number of carboxylic acid groups (broad SMARTS) is 1. The van der Waals surface area contributed by atoms with Gasteiger partial charge in [-0.2, -0.15) is 0 Å². The number of carbonyl (C=O) groups excluding carboxylic acids is 3. The highest BCUT2D eigenvalue weighted by Crippen LogP contribution is 2.72. The van der Waals surface area contributed by atoms with Crippen molar-refractivity contribution in [2.24, 2.45) is 34.0 Å². The van der Waals surface area contributed by atoms with Crippen molar-refractivity contribution in [1.29, 1.82) is 0 Å². The second-order valence-corrected chi connectivity index (χ2v) is 13.3. The minimum Gasteiger partial charge on any atom is -0.481 e. The zero-order valence-electron chi connectivity index (χ0n) is 22.1. The average molecular weight is 505 g/mol. The van der Waals surface area contributed by atoms with Gasteiger partial charge in [0.05, 0.1) is 30.0 Å². The molecule has 0 radical (unpaired) electrons. The van der Waals surface area contributed by atoms with Gasteiger partial charge in [0.2, 0.25) is 11.6 Å². The fourth-order valence-electron chi connectivity index (χ4n) is 8.71. The standard InChI is InChI=1S/C28H40O8/c1-24(2)8-6-9-26(4)18(24)7-10-27(5)19(26)11-17-23(33)22(32)16(12-28(17,27)35)15-36-21(31)14-25(3,34)13-20(29)30/h12,17-19,34-35H,6-11,13-15H2,1-5H3,(H,29,30)/t17?,18-,19+,25?,26-,27-,28+/m0/s1. The number of esters is 1. The second-order valence-electron chi connectivity index (χ2n) is 13.3. The Morgan fingerprint density at radius 1 is 1.08 bits per heavy atom. The topological polar surface area (TPSA) is 138 Å². The van der Waals surface area contributed by atoms with Crippen LogP contribution < -0.4 is 0 Å². The predicted molar refractivity (Wildman–Crippen MR) is 130 cm³/mol. The molecule has 0 aliphatic heterocycles. The lowest BCUT2D eigenvalue weighted by atomic mass is 9.43. The second kappa shape index (κ2) is 8.48. The Labute approximate surface area is 212 Å². The van der Waals surface area contributed by atoms with Gasteiger partial charge in [0, 0.05) is 11.0 Å². The van der Waals surface area contributed by atoms with Crippen molar-refractivity contribution in [1.82, 2.24) is 0 Å². The van der Waals surface area contributed by atoms with Crippen LogP contribution in [0.3, 0.4) is 0 Å². The van der Waals surface area contributed by atoms with Crippen LogP contribution in [0.15, 0.2) is 11.6 Å². The van der Waals surface area contributed by atoms with E-state index in [-0.39, 0.29) is 22.3 Å². The van der Waals surface area contributed by atoms with E-state index in [1.54, 1.807) is 0 Å². The number of aliphatic carboxylic acids is 1. The van der Waals surface area contributed by atoms with E-state index in [0.29, 0.717) is 12.3 Å². The minimum atomic E-state index is -1.80. The van der Waals surface area contributed by atoms with Crippen LogP contribution in [0, 0.1) is 34.0 Å². The molecular formula is C28H40O8. The highest BCUT2D eigenvalue weighted by molar-refractivity contribution is 6.45. The van der Waals surface area contributed by atoms with Crippen LogP contribution in [0.2, 0.25) is 0 Å². The first-order valence-electron chi connectivity index (χ1n) is 13.1. The van der Waals surface area contributed by atoms with E-state index in [1.165, 1.54) is 13.0 Å². The lowest BCUT2D eigenvalue weighted by molar-refractivity contribution is -0.164. The number of fused-ring (bicyclic) bond motifs is 5. The van der Waals surface area contributed by atoms with E-state index in [9.17, 15) is 29.4 Å². The summed E-state index contributed by atoms with van der Waals surface area (Å²) in [5.41, 5.74) is -3.81. The largest absolute Gasteiger partial charge is 0.481 e. The Morgan fingerprint density at radius 3 is 2.39 bits per heavy atom. The van der Waals surface area contributed by atoms with Gasteiger partial charge in [-0.25, -0.2) is 0 Å². The molecule has 0 aromatic carbocycles. The molecule has 0 saturated heterocycles. The van der Waals surface area contributed by atoms with Gasteiger partial charge in [0.1, 0.15) is 6.61 Å². The van der Waals surface area contributed by atoms with Crippen molar-refractivity contribution >= 4 is 23.5 Å². The number of ether oxygens (including phenoxy) is 1. The number of carboxylic acids is 1. The molecule has 0 aromatic rings. The molecule has 0 bridgehead atoms. The summed E-state index contributed by atoms with van der Waals surface area (Å²) in [6.45, 7) is 9.71. The number of ketones is 2. The maximum absolute atomic E-state index is 13.3. The van der Waals surface area contributed by atoms with Crippen LogP contribution in [-0.2, 0) is 23.9 Å². The molecule has 3 saturated carbocycles. The monoisotopic (exact) mass is 504 g/mol. The molecule has 200 valence electrons. The molecule has 0 spiro atoms. The fraction of sp³-hybridized carbons (Fsp3) is 0.786. The van der Waals surface area contributed by atoms with Crippen molar-refractivity contribution in [2.45, 2.75) is 97.2 Å². The van der Waals surface area contributed by atoms with E-state index >= 15 is 0 Å². The van der Waals surface area contributed by atoms with E-state index in [4.69, 9.17) is 9.84 Å². The van der Waals surface area contributed by atoms with Gasteiger partial charge in [0.25, 0.3) is 0 Å². The van der Waals surface area contributed by atoms with Crippen molar-refractivity contribution in [3.8, 4) is 0 Å². The number of hydrogen-bond acceptors (Lipinski definition) is 7. The lowest BCUT2D eigenvalue weighted by Gasteiger charge is -2.62. The molecule has 3 N–H and O–H groups in total. The van der Waals surface area contributed by atoms with Crippen molar-refractivity contribution in [3.05, 3.63) is 11.6 Å². The normalized spacial score (nSPS) is 40.9. The molecule has 0 heterocycles.